The number of carbonyl (C=O) groups is 1. The van der Waals surface area contributed by atoms with Crippen molar-refractivity contribution in [3.63, 3.8) is 0 Å². The maximum atomic E-state index is 10.5. The van der Waals surface area contributed by atoms with Crippen molar-refractivity contribution in [2.75, 3.05) is 0 Å². The maximum absolute atomic E-state index is 10.5. The molecule has 70 valence electrons. The van der Waals surface area contributed by atoms with E-state index in [-0.39, 0.29) is 0 Å². The topological polar surface area (TPSA) is 17.1 Å². The molecule has 1 rings (SSSR count). The van der Waals surface area contributed by atoms with Gasteiger partial charge in [0.05, 0.1) is 8.07 Å². The molecule has 13 heavy (non-hydrogen) atoms. The van der Waals surface area contributed by atoms with Crippen LogP contribution in [0.1, 0.15) is 5.56 Å². The number of rotatable bonds is 3. The molecule has 0 saturated carbocycles. The van der Waals surface area contributed by atoms with Gasteiger partial charge in [0.25, 0.3) is 0 Å². The fourth-order valence-electron chi connectivity index (χ4n) is 1.52. The highest BCUT2D eigenvalue weighted by Gasteiger charge is 2.18. The fourth-order valence-corrected chi connectivity index (χ4v) is 3.26. The van der Waals surface area contributed by atoms with E-state index in [2.05, 4.69) is 37.8 Å². The molecule has 0 N–H and O–H groups in total. The quantitative estimate of drug-likeness (QED) is 0.528. The second-order valence-corrected chi connectivity index (χ2v) is 9.32. The molecule has 0 aliphatic rings. The lowest BCUT2D eigenvalue weighted by Gasteiger charge is -2.19. The molecule has 0 fully saturated rings. The highest BCUT2D eigenvalue weighted by Crippen LogP contribution is 2.06. The number of carbonyl (C=O) groups excluding carboxylic acids is 1. The largest absolute Gasteiger partial charge is 0.303 e. The fraction of sp³-hybridized carbons (Fsp3) is 0.364. The van der Waals surface area contributed by atoms with E-state index in [0.717, 1.165) is 6.29 Å². The zero-order valence-electron chi connectivity index (χ0n) is 8.50. The first-order valence-electron chi connectivity index (χ1n) is 4.57. The Bertz CT molecular complexity index is 299. The smallest absolute Gasteiger partial charge is 0.124 e. The molecule has 0 aliphatic carbocycles. The van der Waals surface area contributed by atoms with Crippen LogP contribution in [-0.2, 0) is 11.2 Å². The summed E-state index contributed by atoms with van der Waals surface area (Å²) in [5.41, 5.74) is 1.21. The third kappa shape index (κ3) is 2.52. The van der Waals surface area contributed by atoms with Crippen molar-refractivity contribution in [3.05, 3.63) is 29.8 Å². The van der Waals surface area contributed by atoms with Gasteiger partial charge in [-0.1, -0.05) is 49.1 Å². The van der Waals surface area contributed by atoms with Crippen molar-refractivity contribution in [1.29, 1.82) is 0 Å². The molecule has 1 aromatic carbocycles. The number of hydrogen-bond donors (Lipinski definition) is 0. The van der Waals surface area contributed by atoms with Crippen molar-refractivity contribution >= 4 is 19.5 Å². The molecular formula is C11H16OSi. The van der Waals surface area contributed by atoms with E-state index in [1.54, 1.807) is 0 Å². The van der Waals surface area contributed by atoms with Crippen molar-refractivity contribution in [2.45, 2.75) is 26.1 Å². The maximum Gasteiger partial charge on any atom is 0.124 e. The zero-order chi connectivity index (χ0) is 9.90. The molecule has 0 amide bonds. The third-order valence-corrected chi connectivity index (χ3v) is 4.23. The summed E-state index contributed by atoms with van der Waals surface area (Å²) in [6.45, 7) is 6.91. The molecule has 0 unspecified atom stereocenters. The summed E-state index contributed by atoms with van der Waals surface area (Å²) in [5.74, 6) is 0. The Hall–Kier alpha value is -0.893. The molecule has 0 aliphatic heterocycles. The molecule has 0 heterocycles. The number of hydrogen-bond acceptors (Lipinski definition) is 1. The summed E-state index contributed by atoms with van der Waals surface area (Å²) in [5, 5.41) is 1.40. The van der Waals surface area contributed by atoms with Crippen LogP contribution in [0.5, 0.6) is 0 Å². The Labute approximate surface area is 80.8 Å². The van der Waals surface area contributed by atoms with E-state index >= 15 is 0 Å². The first-order chi connectivity index (χ1) is 6.05. The first-order valence-corrected chi connectivity index (χ1v) is 8.07. The van der Waals surface area contributed by atoms with Gasteiger partial charge in [-0.05, 0) is 5.56 Å². The number of benzene rings is 1. The molecule has 0 atom stereocenters. The van der Waals surface area contributed by atoms with E-state index in [1.807, 2.05) is 6.07 Å². The molecule has 0 spiro atoms. The third-order valence-electron chi connectivity index (χ3n) is 2.13. The second-order valence-electron chi connectivity index (χ2n) is 4.28. The standard InChI is InChI=1S/C11H16OSi/c1-13(2,3)11-7-5-4-6-10(11)8-9-12/h4-7,9H,8H2,1-3H3. The lowest BCUT2D eigenvalue weighted by Crippen LogP contribution is -2.40. The van der Waals surface area contributed by atoms with E-state index in [0.29, 0.717) is 6.42 Å². The average molecular weight is 192 g/mol. The molecule has 0 saturated heterocycles. The molecular weight excluding hydrogens is 176 g/mol. The molecule has 1 nitrogen and oxygen atoms in total. The van der Waals surface area contributed by atoms with Gasteiger partial charge >= 0.3 is 0 Å². The van der Waals surface area contributed by atoms with Crippen LogP contribution in [0.2, 0.25) is 19.6 Å². The van der Waals surface area contributed by atoms with Gasteiger partial charge in [-0.15, -0.1) is 0 Å². The van der Waals surface area contributed by atoms with Crippen molar-refractivity contribution in [1.82, 2.24) is 0 Å². The highest BCUT2D eigenvalue weighted by atomic mass is 28.3. The lowest BCUT2D eigenvalue weighted by molar-refractivity contribution is -0.107. The van der Waals surface area contributed by atoms with Gasteiger partial charge in [0.15, 0.2) is 0 Å². The van der Waals surface area contributed by atoms with Gasteiger partial charge in [-0.25, -0.2) is 0 Å². The molecule has 1 aromatic rings. The van der Waals surface area contributed by atoms with Gasteiger partial charge in [-0.2, -0.15) is 0 Å². The first kappa shape index (κ1) is 10.2. The van der Waals surface area contributed by atoms with E-state index in [1.165, 1.54) is 10.8 Å². The van der Waals surface area contributed by atoms with Crippen molar-refractivity contribution in [3.8, 4) is 0 Å². The van der Waals surface area contributed by atoms with Crippen LogP contribution in [0.25, 0.3) is 0 Å². The molecule has 0 aromatic heterocycles. The summed E-state index contributed by atoms with van der Waals surface area (Å²) in [6.07, 6.45) is 1.54. The molecule has 0 radical (unpaired) electrons. The average Bonchev–Trinajstić information content (AvgIpc) is 2.04. The van der Waals surface area contributed by atoms with Gasteiger partial charge in [0.2, 0.25) is 0 Å². The van der Waals surface area contributed by atoms with Gasteiger partial charge in [0, 0.05) is 6.42 Å². The Kier molecular flexibility index (Phi) is 3.04. The Morgan fingerprint density at radius 1 is 1.23 bits per heavy atom. The minimum atomic E-state index is -1.27. The lowest BCUT2D eigenvalue weighted by atomic mass is 10.2. The molecule has 0 bridgehead atoms. The zero-order valence-corrected chi connectivity index (χ0v) is 9.50. The number of aldehydes is 1. The monoisotopic (exact) mass is 192 g/mol. The summed E-state index contributed by atoms with van der Waals surface area (Å²) >= 11 is 0. The van der Waals surface area contributed by atoms with Crippen LogP contribution >= 0.6 is 0 Å². The second kappa shape index (κ2) is 3.88. The minimum absolute atomic E-state index is 0.556. The van der Waals surface area contributed by atoms with Crippen molar-refractivity contribution in [2.24, 2.45) is 0 Å². The highest BCUT2D eigenvalue weighted by molar-refractivity contribution is 6.89. The Balaban J connectivity index is 3.11. The predicted octanol–water partition coefficient (Wildman–Crippen LogP) is 1.97. The van der Waals surface area contributed by atoms with Gasteiger partial charge in [0.1, 0.15) is 6.29 Å². The van der Waals surface area contributed by atoms with Crippen LogP contribution in [0, 0.1) is 0 Å². The summed E-state index contributed by atoms with van der Waals surface area (Å²) in [6, 6.07) is 8.28. The van der Waals surface area contributed by atoms with Crippen LogP contribution < -0.4 is 5.19 Å². The van der Waals surface area contributed by atoms with Gasteiger partial charge < -0.3 is 4.79 Å². The predicted molar refractivity (Wildman–Crippen MR) is 59.2 cm³/mol. The molecule has 2 heteroatoms. The van der Waals surface area contributed by atoms with Crippen LogP contribution in [0.3, 0.4) is 0 Å². The van der Waals surface area contributed by atoms with Crippen LogP contribution in [0.4, 0.5) is 0 Å². The van der Waals surface area contributed by atoms with Gasteiger partial charge in [-0.3, -0.25) is 0 Å². The SMILES string of the molecule is C[Si](C)(C)c1ccccc1CC=O. The summed E-state index contributed by atoms with van der Waals surface area (Å²) < 4.78 is 0. The van der Waals surface area contributed by atoms with E-state index in [4.69, 9.17) is 0 Å². The van der Waals surface area contributed by atoms with E-state index in [9.17, 15) is 4.79 Å². The van der Waals surface area contributed by atoms with Crippen LogP contribution in [0.15, 0.2) is 24.3 Å². The van der Waals surface area contributed by atoms with Crippen molar-refractivity contribution < 1.29 is 4.79 Å². The van der Waals surface area contributed by atoms with Crippen LogP contribution in [-0.4, -0.2) is 14.4 Å². The minimum Gasteiger partial charge on any atom is -0.303 e. The summed E-state index contributed by atoms with van der Waals surface area (Å²) in [7, 11) is -1.27. The Morgan fingerprint density at radius 3 is 2.38 bits per heavy atom. The van der Waals surface area contributed by atoms with E-state index < -0.39 is 8.07 Å². The normalized spacial score (nSPS) is 11.3. The summed E-state index contributed by atoms with van der Waals surface area (Å²) in [4.78, 5) is 10.5. The Morgan fingerprint density at radius 2 is 1.85 bits per heavy atom.